The van der Waals surface area contributed by atoms with Gasteiger partial charge in [0.15, 0.2) is 0 Å². The van der Waals surface area contributed by atoms with Gasteiger partial charge in [0.1, 0.15) is 0 Å². The number of nitrogens with two attached hydrogens (primary N) is 1. The van der Waals surface area contributed by atoms with Crippen LogP contribution < -0.4 is 11.1 Å². The molecule has 0 fully saturated rings. The summed E-state index contributed by atoms with van der Waals surface area (Å²) in [5.74, 6) is 0.0569. The Balaban J connectivity index is 0.00000242. The third-order valence-electron chi connectivity index (χ3n) is 3.38. The monoisotopic (exact) mass is 318 g/mol. The van der Waals surface area contributed by atoms with Crippen LogP contribution in [-0.2, 0) is 11.3 Å². The number of hydrogen-bond acceptors (Lipinski definition) is 2. The van der Waals surface area contributed by atoms with Gasteiger partial charge in [-0.2, -0.15) is 0 Å². The van der Waals surface area contributed by atoms with Gasteiger partial charge in [-0.25, -0.2) is 0 Å². The Morgan fingerprint density at radius 3 is 2.45 bits per heavy atom. The van der Waals surface area contributed by atoms with Crippen molar-refractivity contribution in [1.82, 2.24) is 5.32 Å². The van der Waals surface area contributed by atoms with Crippen molar-refractivity contribution in [3.05, 3.63) is 59.7 Å². The first-order chi connectivity index (χ1) is 10.2. The van der Waals surface area contributed by atoms with Crippen LogP contribution in [0.1, 0.15) is 24.0 Å². The highest BCUT2D eigenvalue weighted by atomic mass is 35.5. The maximum absolute atomic E-state index is 11.6. The van der Waals surface area contributed by atoms with Crippen LogP contribution in [0.25, 0.3) is 11.1 Å². The van der Waals surface area contributed by atoms with Crippen molar-refractivity contribution in [1.29, 1.82) is 0 Å². The lowest BCUT2D eigenvalue weighted by molar-refractivity contribution is -0.121. The van der Waals surface area contributed by atoms with E-state index in [1.165, 1.54) is 16.7 Å². The minimum absolute atomic E-state index is 0. The second kappa shape index (κ2) is 9.23. The summed E-state index contributed by atoms with van der Waals surface area (Å²) in [5, 5.41) is 2.93. The fourth-order valence-corrected chi connectivity index (χ4v) is 2.24. The maximum Gasteiger partial charge on any atom is 0.220 e. The molecule has 22 heavy (non-hydrogen) atoms. The van der Waals surface area contributed by atoms with Gasteiger partial charge in [-0.3, -0.25) is 4.79 Å². The van der Waals surface area contributed by atoms with E-state index in [4.69, 9.17) is 5.73 Å². The van der Waals surface area contributed by atoms with Gasteiger partial charge in [-0.05, 0) is 42.6 Å². The van der Waals surface area contributed by atoms with Crippen LogP contribution in [0.4, 0.5) is 0 Å². The van der Waals surface area contributed by atoms with Crippen LogP contribution in [0.15, 0.2) is 48.5 Å². The normalized spacial score (nSPS) is 9.91. The minimum Gasteiger partial charge on any atom is -0.352 e. The van der Waals surface area contributed by atoms with Crippen LogP contribution in [0.5, 0.6) is 0 Å². The Morgan fingerprint density at radius 2 is 1.77 bits per heavy atom. The molecule has 0 saturated carbocycles. The molecule has 0 bridgehead atoms. The van der Waals surface area contributed by atoms with Crippen LogP contribution in [-0.4, -0.2) is 12.5 Å². The third-order valence-corrected chi connectivity index (χ3v) is 3.38. The predicted molar refractivity (Wildman–Crippen MR) is 94.0 cm³/mol. The first kappa shape index (κ1) is 18.2. The van der Waals surface area contributed by atoms with Crippen LogP contribution >= 0.6 is 12.4 Å². The fraction of sp³-hybridized carbons (Fsp3) is 0.278. The minimum atomic E-state index is 0. The van der Waals surface area contributed by atoms with E-state index in [1.54, 1.807) is 0 Å². The first-order valence-corrected chi connectivity index (χ1v) is 7.32. The molecule has 0 spiro atoms. The average Bonchev–Trinajstić information content (AvgIpc) is 2.51. The van der Waals surface area contributed by atoms with E-state index in [2.05, 4.69) is 48.6 Å². The van der Waals surface area contributed by atoms with Crippen molar-refractivity contribution < 1.29 is 4.79 Å². The SMILES string of the molecule is Cc1cccc(-c2cccc(CNC(=O)CCCN)c2)c1.Cl. The molecule has 3 nitrogen and oxygen atoms in total. The third kappa shape index (κ3) is 5.51. The average molecular weight is 319 g/mol. The number of halogens is 1. The number of carbonyl (C=O) groups excluding carboxylic acids is 1. The van der Waals surface area contributed by atoms with Crippen molar-refractivity contribution in [2.75, 3.05) is 6.54 Å². The van der Waals surface area contributed by atoms with E-state index < -0.39 is 0 Å². The molecule has 2 rings (SSSR count). The molecular weight excluding hydrogens is 296 g/mol. The predicted octanol–water partition coefficient (Wildman–Crippen LogP) is 3.44. The molecule has 0 atom stereocenters. The molecule has 0 unspecified atom stereocenters. The van der Waals surface area contributed by atoms with Gasteiger partial charge in [0.25, 0.3) is 0 Å². The molecule has 2 aromatic carbocycles. The zero-order chi connectivity index (χ0) is 15.1. The lowest BCUT2D eigenvalue weighted by atomic mass is 10.0. The van der Waals surface area contributed by atoms with E-state index in [1.807, 2.05) is 12.1 Å². The lowest BCUT2D eigenvalue weighted by Crippen LogP contribution is -2.23. The van der Waals surface area contributed by atoms with Crippen molar-refractivity contribution in [3.8, 4) is 11.1 Å². The number of amides is 1. The smallest absolute Gasteiger partial charge is 0.220 e. The zero-order valence-electron chi connectivity index (χ0n) is 12.8. The summed E-state index contributed by atoms with van der Waals surface area (Å²) in [6, 6.07) is 16.7. The lowest BCUT2D eigenvalue weighted by Gasteiger charge is -2.08. The molecule has 0 heterocycles. The molecule has 0 aliphatic rings. The molecule has 118 valence electrons. The van der Waals surface area contributed by atoms with Crippen LogP contribution in [0, 0.1) is 6.92 Å². The summed E-state index contributed by atoms with van der Waals surface area (Å²) in [5.41, 5.74) is 10.1. The Hall–Kier alpha value is -1.84. The quantitative estimate of drug-likeness (QED) is 0.857. The maximum atomic E-state index is 11.6. The first-order valence-electron chi connectivity index (χ1n) is 7.32. The molecule has 1 amide bonds. The number of aryl methyl sites for hydroxylation is 1. The highest BCUT2D eigenvalue weighted by Crippen LogP contribution is 2.21. The molecule has 4 heteroatoms. The van der Waals surface area contributed by atoms with E-state index in [-0.39, 0.29) is 18.3 Å². The summed E-state index contributed by atoms with van der Waals surface area (Å²) < 4.78 is 0. The van der Waals surface area contributed by atoms with Gasteiger partial charge in [-0.1, -0.05) is 48.0 Å². The summed E-state index contributed by atoms with van der Waals surface area (Å²) in [6.45, 7) is 3.20. The van der Waals surface area contributed by atoms with Crippen molar-refractivity contribution >= 4 is 18.3 Å². The van der Waals surface area contributed by atoms with Gasteiger partial charge in [0.05, 0.1) is 0 Å². The molecule has 0 aliphatic heterocycles. The molecule has 2 aromatic rings. The van der Waals surface area contributed by atoms with Gasteiger partial charge < -0.3 is 11.1 Å². The van der Waals surface area contributed by atoms with E-state index in [0.717, 1.165) is 12.0 Å². The molecule has 0 saturated heterocycles. The van der Waals surface area contributed by atoms with Gasteiger partial charge in [0, 0.05) is 13.0 Å². The number of hydrogen-bond donors (Lipinski definition) is 2. The highest BCUT2D eigenvalue weighted by Gasteiger charge is 2.02. The van der Waals surface area contributed by atoms with Gasteiger partial charge in [0.2, 0.25) is 5.91 Å². The summed E-state index contributed by atoms with van der Waals surface area (Å²) in [7, 11) is 0. The van der Waals surface area contributed by atoms with Crippen LogP contribution in [0.3, 0.4) is 0 Å². The van der Waals surface area contributed by atoms with Crippen LogP contribution in [0.2, 0.25) is 0 Å². The number of benzene rings is 2. The van der Waals surface area contributed by atoms with E-state index in [0.29, 0.717) is 19.5 Å². The molecule has 0 aliphatic carbocycles. The van der Waals surface area contributed by atoms with Crippen molar-refractivity contribution in [3.63, 3.8) is 0 Å². The number of nitrogens with one attached hydrogen (secondary N) is 1. The molecule has 3 N–H and O–H groups in total. The topological polar surface area (TPSA) is 55.1 Å². The Labute approximate surface area is 138 Å². The van der Waals surface area contributed by atoms with E-state index >= 15 is 0 Å². The summed E-state index contributed by atoms with van der Waals surface area (Å²) in [4.78, 5) is 11.6. The fourth-order valence-electron chi connectivity index (χ4n) is 2.24. The van der Waals surface area contributed by atoms with Crippen molar-refractivity contribution in [2.24, 2.45) is 5.73 Å². The van der Waals surface area contributed by atoms with Gasteiger partial charge >= 0.3 is 0 Å². The Bertz CT molecular complexity index is 614. The molecule has 0 radical (unpaired) electrons. The highest BCUT2D eigenvalue weighted by molar-refractivity contribution is 5.85. The zero-order valence-corrected chi connectivity index (χ0v) is 13.7. The Kier molecular flexibility index (Phi) is 7.64. The van der Waals surface area contributed by atoms with Crippen molar-refractivity contribution in [2.45, 2.75) is 26.3 Å². The summed E-state index contributed by atoms with van der Waals surface area (Å²) in [6.07, 6.45) is 1.23. The van der Waals surface area contributed by atoms with Gasteiger partial charge in [-0.15, -0.1) is 12.4 Å². The Morgan fingerprint density at radius 1 is 1.09 bits per heavy atom. The molecule has 0 aromatic heterocycles. The molecular formula is C18H23ClN2O. The van der Waals surface area contributed by atoms with E-state index in [9.17, 15) is 4.79 Å². The number of carbonyl (C=O) groups is 1. The largest absolute Gasteiger partial charge is 0.352 e. The summed E-state index contributed by atoms with van der Waals surface area (Å²) >= 11 is 0. The second-order valence-corrected chi connectivity index (χ2v) is 5.24. The number of rotatable bonds is 6. The second-order valence-electron chi connectivity index (χ2n) is 5.24. The standard InChI is InChI=1S/C18H22N2O.ClH/c1-14-5-2-7-16(11-14)17-8-3-6-15(12-17)13-20-18(21)9-4-10-19;/h2-3,5-8,11-12H,4,9-10,13,19H2,1H3,(H,20,21);1H.